The molecule has 0 bridgehead atoms. The molecule has 0 spiro atoms. The van der Waals surface area contributed by atoms with Gasteiger partial charge in [-0.2, -0.15) is 0 Å². The maximum Gasteiger partial charge on any atom is 0.118 e. The Hall–Kier alpha value is -1.28. The third-order valence-electron chi connectivity index (χ3n) is 2.19. The van der Waals surface area contributed by atoms with Crippen LogP contribution < -0.4 is 10.1 Å². The van der Waals surface area contributed by atoms with Crippen molar-refractivity contribution in [1.82, 2.24) is 5.32 Å². The van der Waals surface area contributed by atoms with Crippen LogP contribution >= 0.6 is 0 Å². The molecule has 0 saturated carbocycles. The first-order chi connectivity index (χ1) is 6.38. The molecule has 2 nitrogen and oxygen atoms in total. The van der Waals surface area contributed by atoms with Gasteiger partial charge in [-0.25, -0.2) is 0 Å². The topological polar surface area (TPSA) is 21.3 Å². The second-order valence-electron chi connectivity index (χ2n) is 3.18. The Morgan fingerprint density at radius 1 is 1.23 bits per heavy atom. The summed E-state index contributed by atoms with van der Waals surface area (Å²) in [5.74, 6) is 0.911. The highest BCUT2D eigenvalue weighted by Gasteiger charge is 2.05. The zero-order valence-electron chi connectivity index (χ0n) is 7.71. The molecule has 0 radical (unpaired) electrons. The number of nitrogens with one attached hydrogen (secondary N) is 1. The third-order valence-corrected chi connectivity index (χ3v) is 2.19. The molecule has 1 aromatic carbocycles. The van der Waals surface area contributed by atoms with E-state index in [0.29, 0.717) is 0 Å². The van der Waals surface area contributed by atoms with Gasteiger partial charge in [0.1, 0.15) is 5.75 Å². The van der Waals surface area contributed by atoms with Crippen molar-refractivity contribution in [3.05, 3.63) is 35.4 Å². The third kappa shape index (κ3) is 1.90. The van der Waals surface area contributed by atoms with Gasteiger partial charge in [-0.05, 0) is 23.3 Å². The van der Waals surface area contributed by atoms with Gasteiger partial charge in [0, 0.05) is 13.1 Å². The summed E-state index contributed by atoms with van der Waals surface area (Å²) in [7, 11) is 1.68. The van der Waals surface area contributed by atoms with Gasteiger partial charge < -0.3 is 10.1 Å². The van der Waals surface area contributed by atoms with Crippen LogP contribution in [-0.2, 0) is 0 Å². The molecule has 0 aliphatic carbocycles. The summed E-state index contributed by atoms with van der Waals surface area (Å²) < 4.78 is 5.08. The van der Waals surface area contributed by atoms with Gasteiger partial charge in [-0.1, -0.05) is 18.2 Å². The lowest BCUT2D eigenvalue weighted by molar-refractivity contribution is 0.415. The van der Waals surface area contributed by atoms with Crippen LogP contribution in [0.3, 0.4) is 0 Å². The largest absolute Gasteiger partial charge is 0.497 e. The number of methoxy groups -OCH3 is 1. The molecule has 1 aromatic rings. The second-order valence-corrected chi connectivity index (χ2v) is 3.18. The number of rotatable bonds is 2. The predicted octanol–water partition coefficient (Wildman–Crippen LogP) is 1.68. The minimum absolute atomic E-state index is 0.911. The Balaban J connectivity index is 2.13. The van der Waals surface area contributed by atoms with Crippen LogP contribution in [-0.4, -0.2) is 20.2 Å². The maximum atomic E-state index is 5.08. The Labute approximate surface area is 78.2 Å². The van der Waals surface area contributed by atoms with Gasteiger partial charge in [0.05, 0.1) is 7.11 Å². The van der Waals surface area contributed by atoms with Gasteiger partial charge in [-0.15, -0.1) is 0 Å². The van der Waals surface area contributed by atoms with Crippen molar-refractivity contribution in [2.24, 2.45) is 0 Å². The van der Waals surface area contributed by atoms with Crippen LogP contribution in [0.4, 0.5) is 0 Å². The van der Waals surface area contributed by atoms with E-state index in [2.05, 4.69) is 23.5 Å². The van der Waals surface area contributed by atoms with E-state index in [0.717, 1.165) is 18.8 Å². The molecule has 1 fully saturated rings. The fraction of sp³-hybridized carbons (Fsp3) is 0.273. The molecule has 1 heterocycles. The summed E-state index contributed by atoms with van der Waals surface area (Å²) in [5, 5.41) is 3.21. The smallest absolute Gasteiger partial charge is 0.118 e. The Morgan fingerprint density at radius 3 is 2.38 bits per heavy atom. The van der Waals surface area contributed by atoms with Gasteiger partial charge in [0.15, 0.2) is 0 Å². The Morgan fingerprint density at radius 2 is 1.92 bits per heavy atom. The van der Waals surface area contributed by atoms with E-state index in [9.17, 15) is 0 Å². The van der Waals surface area contributed by atoms with Gasteiger partial charge in [0.2, 0.25) is 0 Å². The van der Waals surface area contributed by atoms with Gasteiger partial charge in [-0.3, -0.25) is 0 Å². The van der Waals surface area contributed by atoms with Crippen molar-refractivity contribution < 1.29 is 4.74 Å². The fourth-order valence-electron chi connectivity index (χ4n) is 1.31. The van der Waals surface area contributed by atoms with E-state index in [-0.39, 0.29) is 0 Å². The maximum absolute atomic E-state index is 5.08. The van der Waals surface area contributed by atoms with Crippen molar-refractivity contribution in [3.8, 4) is 5.75 Å². The summed E-state index contributed by atoms with van der Waals surface area (Å²) in [6.07, 6.45) is 2.22. The van der Waals surface area contributed by atoms with Gasteiger partial charge in [0.25, 0.3) is 0 Å². The van der Waals surface area contributed by atoms with E-state index in [1.165, 1.54) is 11.1 Å². The average molecular weight is 175 g/mol. The standard InChI is InChI=1S/C11H13NO/c1-13-11-4-2-9(3-5-11)6-10-7-12-8-10/h2-6,12H,7-8H2,1H3. The number of hydrogen-bond acceptors (Lipinski definition) is 2. The predicted molar refractivity (Wildman–Crippen MR) is 53.8 cm³/mol. The highest BCUT2D eigenvalue weighted by molar-refractivity contribution is 5.56. The summed E-state index contributed by atoms with van der Waals surface area (Å²) in [5.41, 5.74) is 2.71. The molecule has 1 aliphatic heterocycles. The van der Waals surface area contributed by atoms with Crippen LogP contribution in [0.25, 0.3) is 6.08 Å². The van der Waals surface area contributed by atoms with Gasteiger partial charge >= 0.3 is 0 Å². The number of hydrogen-bond donors (Lipinski definition) is 1. The molecule has 1 saturated heterocycles. The van der Waals surface area contributed by atoms with Crippen LogP contribution in [0.2, 0.25) is 0 Å². The normalized spacial score (nSPS) is 15.0. The van der Waals surface area contributed by atoms with Crippen molar-refractivity contribution in [1.29, 1.82) is 0 Å². The zero-order chi connectivity index (χ0) is 9.10. The summed E-state index contributed by atoms with van der Waals surface area (Å²) in [4.78, 5) is 0. The molecule has 0 aromatic heterocycles. The lowest BCUT2D eigenvalue weighted by Crippen LogP contribution is -2.33. The molecule has 1 N–H and O–H groups in total. The monoisotopic (exact) mass is 175 g/mol. The van der Waals surface area contributed by atoms with Crippen molar-refractivity contribution >= 4 is 6.08 Å². The molecule has 2 heteroatoms. The summed E-state index contributed by atoms with van der Waals surface area (Å²) in [6.45, 7) is 2.07. The highest BCUT2D eigenvalue weighted by Crippen LogP contribution is 2.14. The molecular formula is C11H13NO. The minimum atomic E-state index is 0.911. The first-order valence-electron chi connectivity index (χ1n) is 4.43. The molecule has 0 amide bonds. The molecular weight excluding hydrogens is 162 g/mol. The lowest BCUT2D eigenvalue weighted by atomic mass is 10.1. The molecule has 1 aliphatic rings. The zero-order valence-corrected chi connectivity index (χ0v) is 7.71. The first-order valence-corrected chi connectivity index (χ1v) is 4.43. The van der Waals surface area contributed by atoms with Crippen LogP contribution in [0.15, 0.2) is 29.8 Å². The van der Waals surface area contributed by atoms with Crippen LogP contribution in [0.5, 0.6) is 5.75 Å². The molecule has 68 valence electrons. The van der Waals surface area contributed by atoms with Crippen molar-refractivity contribution in [2.75, 3.05) is 20.2 Å². The van der Waals surface area contributed by atoms with E-state index in [4.69, 9.17) is 4.74 Å². The molecule has 13 heavy (non-hydrogen) atoms. The van der Waals surface area contributed by atoms with Crippen molar-refractivity contribution in [2.45, 2.75) is 0 Å². The Kier molecular flexibility index (Phi) is 2.32. The second kappa shape index (κ2) is 3.62. The molecule has 0 unspecified atom stereocenters. The summed E-state index contributed by atoms with van der Waals surface area (Å²) >= 11 is 0. The van der Waals surface area contributed by atoms with Crippen molar-refractivity contribution in [3.63, 3.8) is 0 Å². The number of ether oxygens (including phenoxy) is 1. The van der Waals surface area contributed by atoms with Crippen LogP contribution in [0.1, 0.15) is 5.56 Å². The van der Waals surface area contributed by atoms with E-state index in [1.54, 1.807) is 7.11 Å². The minimum Gasteiger partial charge on any atom is -0.497 e. The number of benzene rings is 1. The first kappa shape index (κ1) is 8.32. The molecule has 2 rings (SSSR count). The van der Waals surface area contributed by atoms with E-state index >= 15 is 0 Å². The SMILES string of the molecule is COc1ccc(C=C2CNC2)cc1. The summed E-state index contributed by atoms with van der Waals surface area (Å²) in [6, 6.07) is 8.12. The average Bonchev–Trinajstić information content (AvgIpc) is 2.12. The quantitative estimate of drug-likeness (QED) is 0.738. The van der Waals surface area contributed by atoms with Crippen LogP contribution in [0, 0.1) is 0 Å². The Bertz CT molecular complexity index is 307. The molecule has 0 atom stereocenters. The van der Waals surface area contributed by atoms with E-state index < -0.39 is 0 Å². The highest BCUT2D eigenvalue weighted by atomic mass is 16.5. The van der Waals surface area contributed by atoms with E-state index in [1.807, 2.05) is 12.1 Å². The lowest BCUT2D eigenvalue weighted by Gasteiger charge is -2.18. The fourth-order valence-corrected chi connectivity index (χ4v) is 1.31.